The van der Waals surface area contributed by atoms with Crippen LogP contribution in [0.3, 0.4) is 0 Å². The number of carbonyl (C=O) groups is 1. The molecule has 5 rings (SSSR count). The van der Waals surface area contributed by atoms with Gasteiger partial charge in [0, 0.05) is 22.2 Å². The van der Waals surface area contributed by atoms with Crippen molar-refractivity contribution in [2.24, 2.45) is 10.9 Å². The number of carbonyl (C=O) groups excluding carboxylic acids is 1. The maximum Gasteiger partial charge on any atom is 0.188 e. The summed E-state index contributed by atoms with van der Waals surface area (Å²) in [5.74, 6) is 0.462. The van der Waals surface area contributed by atoms with Crippen molar-refractivity contribution in [2.75, 3.05) is 0 Å². The third-order valence-electron chi connectivity index (χ3n) is 5.60. The largest absolute Gasteiger partial charge is 0.338 e. The van der Waals surface area contributed by atoms with Crippen LogP contribution in [0.5, 0.6) is 0 Å². The number of hydrogen-bond donors (Lipinski definition) is 1. The summed E-state index contributed by atoms with van der Waals surface area (Å²) in [4.78, 5) is 25.9. The van der Waals surface area contributed by atoms with E-state index in [1.54, 1.807) is 12.2 Å². The minimum Gasteiger partial charge on any atom is -0.338 e. The number of H-pyrrole nitrogens is 1. The number of allylic oxidation sites excluding steroid dienone is 4. The summed E-state index contributed by atoms with van der Waals surface area (Å²) in [6, 6.07) is 17.7. The number of aromatic nitrogens is 2. The first-order chi connectivity index (χ1) is 15.1. The smallest absolute Gasteiger partial charge is 0.188 e. The van der Waals surface area contributed by atoms with Gasteiger partial charge in [0.15, 0.2) is 5.78 Å². The molecule has 0 amide bonds. The van der Waals surface area contributed by atoms with Crippen LogP contribution in [0.15, 0.2) is 94.5 Å². The highest BCUT2D eigenvalue weighted by Gasteiger charge is 2.33. The van der Waals surface area contributed by atoms with Gasteiger partial charge in [0.2, 0.25) is 0 Å². The molecule has 0 radical (unpaired) electrons. The molecule has 0 spiro atoms. The van der Waals surface area contributed by atoms with Gasteiger partial charge >= 0.3 is 0 Å². The number of halogens is 1. The third kappa shape index (κ3) is 3.71. The lowest BCUT2D eigenvalue weighted by molar-refractivity contribution is -0.110. The van der Waals surface area contributed by atoms with Crippen LogP contribution in [0.2, 0.25) is 0 Å². The lowest BCUT2D eigenvalue weighted by Crippen LogP contribution is -2.29. The van der Waals surface area contributed by atoms with E-state index in [1.807, 2.05) is 79.7 Å². The molecule has 2 aliphatic rings. The Kier molecular flexibility index (Phi) is 5.00. The number of para-hydroxylation sites is 2. The second kappa shape index (κ2) is 7.97. The first kappa shape index (κ1) is 19.5. The molecule has 0 fully saturated rings. The Hall–Kier alpha value is -3.50. The zero-order valence-electron chi connectivity index (χ0n) is 16.9. The standard InChI is InChI=1S/C26H20ClN3O/c1-16-25(23(31)13-14-24-29-21-9-5-6-10-22(21)30-24)26(17-7-3-2-4-8-17)19-15-18(27)11-12-20(19)28-16/h2-15,19-20H,1H3,(H,29,30)/b14-13+/t19-,20-/m1/s1. The zero-order valence-corrected chi connectivity index (χ0v) is 17.7. The summed E-state index contributed by atoms with van der Waals surface area (Å²) >= 11 is 6.32. The molecule has 1 aromatic heterocycles. The number of nitrogens with one attached hydrogen (secondary N) is 1. The fourth-order valence-corrected chi connectivity index (χ4v) is 4.43. The van der Waals surface area contributed by atoms with Gasteiger partial charge in [-0.2, -0.15) is 0 Å². The molecule has 4 nitrogen and oxygen atoms in total. The molecule has 1 aliphatic carbocycles. The van der Waals surface area contributed by atoms with Crippen LogP contribution in [-0.2, 0) is 4.79 Å². The number of nitrogens with zero attached hydrogens (tertiary/aromatic N) is 2. The van der Waals surface area contributed by atoms with Crippen LogP contribution in [-0.4, -0.2) is 27.5 Å². The Balaban J connectivity index is 1.58. The van der Waals surface area contributed by atoms with E-state index < -0.39 is 0 Å². The van der Waals surface area contributed by atoms with Crippen LogP contribution in [0, 0.1) is 5.92 Å². The number of benzene rings is 2. The Morgan fingerprint density at radius 2 is 1.87 bits per heavy atom. The van der Waals surface area contributed by atoms with Crippen LogP contribution < -0.4 is 0 Å². The van der Waals surface area contributed by atoms with Crippen molar-refractivity contribution in [2.45, 2.75) is 13.0 Å². The van der Waals surface area contributed by atoms with Gasteiger partial charge in [-0.1, -0.05) is 66.2 Å². The van der Waals surface area contributed by atoms with Gasteiger partial charge < -0.3 is 4.98 Å². The van der Waals surface area contributed by atoms with Gasteiger partial charge in [0.05, 0.1) is 17.1 Å². The number of dihydropyridines is 1. The van der Waals surface area contributed by atoms with E-state index in [-0.39, 0.29) is 17.7 Å². The first-order valence-electron chi connectivity index (χ1n) is 10.2. The Morgan fingerprint density at radius 3 is 2.68 bits per heavy atom. The molecule has 0 saturated carbocycles. The van der Waals surface area contributed by atoms with E-state index >= 15 is 0 Å². The van der Waals surface area contributed by atoms with E-state index in [2.05, 4.69) is 9.97 Å². The van der Waals surface area contributed by atoms with Crippen molar-refractivity contribution in [3.8, 4) is 0 Å². The van der Waals surface area contributed by atoms with Gasteiger partial charge in [-0.15, -0.1) is 0 Å². The first-order valence-corrected chi connectivity index (χ1v) is 10.5. The van der Waals surface area contributed by atoms with E-state index in [0.29, 0.717) is 16.4 Å². The SMILES string of the molecule is CC1=N[C@@H]2C=CC(Cl)=C[C@H]2C(c2ccccc2)=C1C(=O)/C=C/c1nc2ccccc2[nH]1. The minimum atomic E-state index is -0.0990. The average molecular weight is 426 g/mol. The lowest BCUT2D eigenvalue weighted by Gasteiger charge is -2.31. The second-order valence-corrected chi connectivity index (χ2v) is 8.07. The number of rotatable bonds is 4. The fourth-order valence-electron chi connectivity index (χ4n) is 4.22. The van der Waals surface area contributed by atoms with Gasteiger partial charge in [-0.3, -0.25) is 9.79 Å². The molecule has 152 valence electrons. The van der Waals surface area contributed by atoms with Gasteiger partial charge in [-0.25, -0.2) is 4.98 Å². The van der Waals surface area contributed by atoms with Gasteiger partial charge in [-0.05, 0) is 48.4 Å². The molecule has 2 aromatic carbocycles. The zero-order chi connectivity index (χ0) is 21.4. The molecule has 1 N–H and O–H groups in total. The number of fused-ring (bicyclic) bond motifs is 2. The number of ketones is 1. The summed E-state index contributed by atoms with van der Waals surface area (Å²) < 4.78 is 0. The van der Waals surface area contributed by atoms with E-state index in [4.69, 9.17) is 16.6 Å². The maximum atomic E-state index is 13.4. The molecule has 2 atom stereocenters. The lowest BCUT2D eigenvalue weighted by atomic mass is 9.77. The van der Waals surface area contributed by atoms with E-state index in [1.165, 1.54) is 0 Å². The topological polar surface area (TPSA) is 58.1 Å². The minimum absolute atomic E-state index is 0.0615. The molecular formula is C26H20ClN3O. The monoisotopic (exact) mass is 425 g/mol. The van der Waals surface area contributed by atoms with Crippen LogP contribution in [0.1, 0.15) is 18.3 Å². The van der Waals surface area contributed by atoms with E-state index in [0.717, 1.165) is 27.9 Å². The van der Waals surface area contributed by atoms with Crippen molar-refractivity contribution in [1.82, 2.24) is 9.97 Å². The molecule has 0 bridgehead atoms. The molecule has 3 aromatic rings. The number of imidazole rings is 1. The molecule has 0 saturated heterocycles. The van der Waals surface area contributed by atoms with Crippen LogP contribution in [0.25, 0.3) is 22.7 Å². The highest BCUT2D eigenvalue weighted by Crippen LogP contribution is 2.40. The normalized spacial score (nSPS) is 20.7. The Bertz CT molecular complexity index is 1290. The number of aliphatic imine (C=N–C) groups is 1. The average Bonchev–Trinajstić information content (AvgIpc) is 3.20. The summed E-state index contributed by atoms with van der Waals surface area (Å²) in [5, 5.41) is 0.661. The predicted molar refractivity (Wildman–Crippen MR) is 127 cm³/mol. The van der Waals surface area contributed by atoms with Gasteiger partial charge in [0.1, 0.15) is 5.82 Å². The van der Waals surface area contributed by atoms with Crippen molar-refractivity contribution in [1.29, 1.82) is 0 Å². The second-order valence-electron chi connectivity index (χ2n) is 7.63. The van der Waals surface area contributed by atoms with Crippen molar-refractivity contribution >= 4 is 45.8 Å². The highest BCUT2D eigenvalue weighted by atomic mass is 35.5. The Morgan fingerprint density at radius 1 is 1.10 bits per heavy atom. The predicted octanol–water partition coefficient (Wildman–Crippen LogP) is 5.75. The third-order valence-corrected chi connectivity index (χ3v) is 5.85. The molecule has 5 heteroatoms. The molecule has 2 heterocycles. The fraction of sp³-hybridized carbons (Fsp3) is 0.115. The summed E-state index contributed by atoms with van der Waals surface area (Å²) in [7, 11) is 0. The summed E-state index contributed by atoms with van der Waals surface area (Å²) in [6.07, 6.45) is 9.16. The van der Waals surface area contributed by atoms with Crippen LogP contribution >= 0.6 is 11.6 Å². The number of hydrogen-bond acceptors (Lipinski definition) is 3. The van der Waals surface area contributed by atoms with Crippen molar-refractivity contribution in [3.63, 3.8) is 0 Å². The quantitative estimate of drug-likeness (QED) is 0.541. The Labute approximate surface area is 185 Å². The van der Waals surface area contributed by atoms with Crippen LogP contribution in [0.4, 0.5) is 0 Å². The van der Waals surface area contributed by atoms with Crippen molar-refractivity contribution in [3.05, 3.63) is 101 Å². The molecule has 0 unspecified atom stereocenters. The molecular weight excluding hydrogens is 406 g/mol. The van der Waals surface area contributed by atoms with Crippen molar-refractivity contribution < 1.29 is 4.79 Å². The molecule has 31 heavy (non-hydrogen) atoms. The number of aromatic amines is 1. The maximum absolute atomic E-state index is 13.4. The summed E-state index contributed by atoms with van der Waals surface area (Å²) in [5.41, 5.74) is 5.12. The van der Waals surface area contributed by atoms with E-state index in [9.17, 15) is 4.79 Å². The summed E-state index contributed by atoms with van der Waals surface area (Å²) in [6.45, 7) is 1.90. The molecule has 1 aliphatic heterocycles. The highest BCUT2D eigenvalue weighted by molar-refractivity contribution is 6.33. The van der Waals surface area contributed by atoms with Gasteiger partial charge in [0.25, 0.3) is 0 Å².